The predicted molar refractivity (Wildman–Crippen MR) is 171 cm³/mol. The molecule has 1 atom stereocenters. The van der Waals surface area contributed by atoms with Crippen molar-refractivity contribution in [1.29, 1.82) is 0 Å². The third kappa shape index (κ3) is 6.59. The number of carbonyl (C=O) groups is 1. The molecule has 0 unspecified atom stereocenters. The number of nitrogens with zero attached hydrogens (tertiary/aromatic N) is 2. The van der Waals surface area contributed by atoms with Crippen LogP contribution in [0.3, 0.4) is 0 Å². The molecular formula is C34H33ClN2O6S. The first-order valence-electron chi connectivity index (χ1n) is 14.2. The van der Waals surface area contributed by atoms with E-state index in [4.69, 9.17) is 30.5 Å². The van der Waals surface area contributed by atoms with Crippen molar-refractivity contribution >= 4 is 35.0 Å². The van der Waals surface area contributed by atoms with Crippen molar-refractivity contribution < 1.29 is 23.7 Å². The van der Waals surface area contributed by atoms with E-state index in [9.17, 15) is 9.59 Å². The SMILES string of the molecule is CCOc1ccc([C@@H]2C(C(=O)OC(C)C)=C(C)N=c3s/c(=C/c4cc(Cl)c(OCc5ccccc5)c(OC)c4)c(=O)n32)cc1. The second kappa shape index (κ2) is 13.5. The van der Waals surface area contributed by atoms with E-state index in [0.29, 0.717) is 61.7 Å². The molecule has 0 bridgehead atoms. The number of halogens is 1. The second-order valence-corrected chi connectivity index (χ2v) is 11.8. The highest BCUT2D eigenvalue weighted by Crippen LogP contribution is 2.37. The number of hydrogen-bond donors (Lipinski definition) is 0. The number of fused-ring (bicyclic) bond motifs is 1. The number of rotatable bonds is 10. The normalized spacial score (nSPS) is 14.7. The molecule has 0 amide bonds. The van der Waals surface area contributed by atoms with Crippen molar-refractivity contribution in [1.82, 2.24) is 4.57 Å². The maximum Gasteiger partial charge on any atom is 0.338 e. The molecule has 0 spiro atoms. The molecule has 0 N–H and O–H groups in total. The molecule has 0 saturated heterocycles. The molecule has 0 saturated carbocycles. The Balaban J connectivity index is 1.58. The summed E-state index contributed by atoms with van der Waals surface area (Å²) in [4.78, 5) is 32.5. The van der Waals surface area contributed by atoms with Crippen LogP contribution in [0.4, 0.5) is 0 Å². The van der Waals surface area contributed by atoms with Crippen molar-refractivity contribution in [2.45, 2.75) is 46.4 Å². The van der Waals surface area contributed by atoms with Gasteiger partial charge >= 0.3 is 5.97 Å². The molecule has 10 heteroatoms. The van der Waals surface area contributed by atoms with Gasteiger partial charge in [0, 0.05) is 0 Å². The molecule has 0 radical (unpaired) electrons. The number of benzene rings is 3. The van der Waals surface area contributed by atoms with Crippen LogP contribution in [0.5, 0.6) is 17.2 Å². The fourth-order valence-corrected chi connectivity index (χ4v) is 6.25. The topological polar surface area (TPSA) is 88.4 Å². The standard InChI is InChI=1S/C34H33ClN2O6S/c1-6-41-25-14-12-24(13-15-25)30-29(33(39)43-20(2)3)21(4)36-34-37(30)32(38)28(44-34)18-23-16-26(35)31(27(17-23)40-5)42-19-22-10-8-7-9-11-22/h7-18,20,30H,6,19H2,1-5H3/b28-18+/t30-/m1/s1. The van der Waals surface area contributed by atoms with Crippen LogP contribution in [0, 0.1) is 0 Å². The minimum atomic E-state index is -0.734. The summed E-state index contributed by atoms with van der Waals surface area (Å²) in [5.74, 6) is 1.03. The number of carbonyl (C=O) groups excluding carboxylic acids is 1. The molecule has 4 aromatic rings. The molecule has 1 aliphatic heterocycles. The van der Waals surface area contributed by atoms with Crippen molar-refractivity contribution in [3.8, 4) is 17.2 Å². The molecule has 3 aromatic carbocycles. The quantitative estimate of drug-likeness (QED) is 0.205. The Bertz CT molecular complexity index is 1880. The highest BCUT2D eigenvalue weighted by Gasteiger charge is 2.33. The predicted octanol–water partition coefficient (Wildman–Crippen LogP) is 5.83. The van der Waals surface area contributed by atoms with Crippen LogP contribution in [0.15, 0.2) is 87.8 Å². The first-order valence-corrected chi connectivity index (χ1v) is 15.4. The van der Waals surface area contributed by atoms with Crippen molar-refractivity contribution in [3.63, 3.8) is 0 Å². The molecule has 5 rings (SSSR count). The van der Waals surface area contributed by atoms with Crippen LogP contribution in [0.1, 0.15) is 50.4 Å². The average Bonchev–Trinajstić information content (AvgIpc) is 3.30. The lowest BCUT2D eigenvalue weighted by atomic mass is 9.96. The van der Waals surface area contributed by atoms with Crippen molar-refractivity contribution in [2.24, 2.45) is 4.99 Å². The second-order valence-electron chi connectivity index (χ2n) is 10.3. The van der Waals surface area contributed by atoms with Gasteiger partial charge in [-0.2, -0.15) is 0 Å². The summed E-state index contributed by atoms with van der Waals surface area (Å²) < 4.78 is 24.8. The Morgan fingerprint density at radius 1 is 1.09 bits per heavy atom. The van der Waals surface area contributed by atoms with E-state index in [0.717, 1.165) is 11.1 Å². The van der Waals surface area contributed by atoms with Crippen LogP contribution in [0.25, 0.3) is 6.08 Å². The molecule has 228 valence electrons. The van der Waals surface area contributed by atoms with Crippen LogP contribution in [-0.4, -0.2) is 30.4 Å². The number of esters is 1. The van der Waals surface area contributed by atoms with E-state index < -0.39 is 12.0 Å². The van der Waals surface area contributed by atoms with E-state index in [1.165, 1.54) is 18.4 Å². The van der Waals surface area contributed by atoms with E-state index in [1.54, 1.807) is 43.5 Å². The van der Waals surface area contributed by atoms with Gasteiger partial charge in [-0.25, -0.2) is 9.79 Å². The Morgan fingerprint density at radius 2 is 1.82 bits per heavy atom. The van der Waals surface area contributed by atoms with Gasteiger partial charge in [0.05, 0.1) is 46.7 Å². The minimum Gasteiger partial charge on any atom is -0.494 e. The Kier molecular flexibility index (Phi) is 9.56. The number of aromatic nitrogens is 1. The van der Waals surface area contributed by atoms with Gasteiger partial charge < -0.3 is 18.9 Å². The number of hydrogen-bond acceptors (Lipinski definition) is 8. The molecule has 2 heterocycles. The van der Waals surface area contributed by atoms with E-state index >= 15 is 0 Å². The first kappa shape index (κ1) is 31.1. The summed E-state index contributed by atoms with van der Waals surface area (Å²) in [5, 5.41) is 0.348. The Morgan fingerprint density at radius 3 is 2.48 bits per heavy atom. The van der Waals surface area contributed by atoms with Gasteiger partial charge in [0.15, 0.2) is 16.3 Å². The molecular weight excluding hydrogens is 600 g/mol. The summed E-state index contributed by atoms with van der Waals surface area (Å²) in [5.41, 5.74) is 2.88. The van der Waals surface area contributed by atoms with Gasteiger partial charge in [0.1, 0.15) is 12.4 Å². The van der Waals surface area contributed by atoms with Crippen LogP contribution < -0.4 is 29.1 Å². The summed E-state index contributed by atoms with van der Waals surface area (Å²) in [6, 6.07) is 19.9. The van der Waals surface area contributed by atoms with Gasteiger partial charge in [-0.05, 0) is 74.7 Å². The third-order valence-electron chi connectivity index (χ3n) is 6.87. The summed E-state index contributed by atoms with van der Waals surface area (Å²) >= 11 is 7.88. The zero-order valence-electron chi connectivity index (χ0n) is 25.1. The molecule has 44 heavy (non-hydrogen) atoms. The Hall–Kier alpha value is -4.34. The molecule has 1 aromatic heterocycles. The summed E-state index contributed by atoms with van der Waals surface area (Å²) in [6.45, 7) is 8.08. The highest BCUT2D eigenvalue weighted by molar-refractivity contribution is 7.07. The first-order chi connectivity index (χ1) is 21.2. The average molecular weight is 633 g/mol. The monoisotopic (exact) mass is 632 g/mol. The molecule has 0 fully saturated rings. The fourth-order valence-electron chi connectivity index (χ4n) is 4.93. The highest BCUT2D eigenvalue weighted by atomic mass is 35.5. The summed E-state index contributed by atoms with van der Waals surface area (Å²) in [7, 11) is 1.54. The number of methoxy groups -OCH3 is 1. The van der Waals surface area contributed by atoms with Crippen LogP contribution in [-0.2, 0) is 16.1 Å². The smallest absolute Gasteiger partial charge is 0.338 e. The maximum absolute atomic E-state index is 14.0. The lowest BCUT2D eigenvalue weighted by molar-refractivity contribution is -0.143. The van der Waals surface area contributed by atoms with E-state index in [-0.39, 0.29) is 11.7 Å². The minimum absolute atomic E-state index is 0.297. The van der Waals surface area contributed by atoms with Crippen LogP contribution in [0.2, 0.25) is 5.02 Å². The largest absolute Gasteiger partial charge is 0.494 e. The maximum atomic E-state index is 14.0. The number of ether oxygens (including phenoxy) is 4. The third-order valence-corrected chi connectivity index (χ3v) is 8.13. The van der Waals surface area contributed by atoms with Gasteiger partial charge in [-0.1, -0.05) is 65.4 Å². The van der Waals surface area contributed by atoms with Gasteiger partial charge in [-0.3, -0.25) is 9.36 Å². The van der Waals surface area contributed by atoms with Gasteiger partial charge in [0.25, 0.3) is 5.56 Å². The molecule has 8 nitrogen and oxygen atoms in total. The van der Waals surface area contributed by atoms with Crippen LogP contribution >= 0.6 is 22.9 Å². The van der Waals surface area contributed by atoms with Gasteiger partial charge in [-0.15, -0.1) is 0 Å². The van der Waals surface area contributed by atoms with Gasteiger partial charge in [0.2, 0.25) is 0 Å². The van der Waals surface area contributed by atoms with Crippen molar-refractivity contribution in [2.75, 3.05) is 13.7 Å². The molecule has 0 aliphatic carbocycles. The summed E-state index contributed by atoms with van der Waals surface area (Å²) in [6.07, 6.45) is 1.40. The van der Waals surface area contributed by atoms with E-state index in [1.807, 2.05) is 61.5 Å². The zero-order chi connectivity index (χ0) is 31.4. The number of allylic oxidation sites excluding steroid dienone is 1. The lowest BCUT2D eigenvalue weighted by Crippen LogP contribution is -2.40. The number of thiazole rings is 1. The fraction of sp³-hybridized carbons (Fsp3) is 0.265. The van der Waals surface area contributed by atoms with Crippen molar-refractivity contribution in [3.05, 3.63) is 119 Å². The lowest BCUT2D eigenvalue weighted by Gasteiger charge is -2.25. The Labute approximate surface area is 264 Å². The van der Waals surface area contributed by atoms with E-state index in [2.05, 4.69) is 4.99 Å². The zero-order valence-corrected chi connectivity index (χ0v) is 26.7. The molecule has 1 aliphatic rings.